The van der Waals surface area contributed by atoms with Crippen LogP contribution < -0.4 is 0 Å². The van der Waals surface area contributed by atoms with Crippen LogP contribution in [0.2, 0.25) is 0 Å². The lowest BCUT2D eigenvalue weighted by Crippen LogP contribution is -1.96. The molecule has 1 aromatic rings. The first-order valence-electron chi connectivity index (χ1n) is 9.92. The highest BCUT2D eigenvalue weighted by atomic mass is 32.3. The highest BCUT2D eigenvalue weighted by Crippen LogP contribution is 2.64. The van der Waals surface area contributed by atoms with E-state index in [1.807, 2.05) is 70.6 Å². The number of hydrogen-bond donors (Lipinski definition) is 0. The number of thioether (sulfide) groups is 8. The number of rotatable bonds is 6. The summed E-state index contributed by atoms with van der Waals surface area (Å²) in [5.74, 6) is 5.97. The van der Waals surface area contributed by atoms with Crippen LogP contribution >= 0.6 is 94.1 Å². The molecule has 3 heterocycles. The van der Waals surface area contributed by atoms with Gasteiger partial charge in [-0.05, 0) is 11.1 Å². The van der Waals surface area contributed by atoms with Crippen LogP contribution in [-0.2, 0) is 11.5 Å². The third kappa shape index (κ3) is 6.88. The van der Waals surface area contributed by atoms with Gasteiger partial charge in [-0.1, -0.05) is 71.3 Å². The van der Waals surface area contributed by atoms with Crippen molar-refractivity contribution < 1.29 is 0 Å². The Balaban J connectivity index is 1.43. The predicted molar refractivity (Wildman–Crippen MR) is 156 cm³/mol. The van der Waals surface area contributed by atoms with Crippen LogP contribution in [0.1, 0.15) is 24.0 Å². The molecule has 0 saturated heterocycles. The van der Waals surface area contributed by atoms with Crippen LogP contribution in [0.15, 0.2) is 51.0 Å². The quantitative estimate of drug-likeness (QED) is 0.311. The Morgan fingerprint density at radius 3 is 1.62 bits per heavy atom. The molecule has 0 atom stereocenters. The van der Waals surface area contributed by atoms with Crippen molar-refractivity contribution in [1.82, 2.24) is 0 Å². The summed E-state index contributed by atoms with van der Waals surface area (Å²) in [6.45, 7) is 0. The lowest BCUT2D eigenvalue weighted by molar-refractivity contribution is 1.24. The van der Waals surface area contributed by atoms with Crippen molar-refractivity contribution in [3.05, 3.63) is 62.2 Å². The standard InChI is InChI=1S/C22H20N2S8/c23-7-3-9-27-19-20(28-10-4-8-24)32-22(31-19)21-29-17-13-25-11-15-5-1-2-6-16(15)12-26-14-18(17)30-21/h1-2,5-6H,3-4,9-14H2. The summed E-state index contributed by atoms with van der Waals surface area (Å²) in [5.41, 5.74) is 2.96. The van der Waals surface area contributed by atoms with Crippen molar-refractivity contribution >= 4 is 94.1 Å². The van der Waals surface area contributed by atoms with E-state index < -0.39 is 0 Å². The van der Waals surface area contributed by atoms with Gasteiger partial charge in [-0.25, -0.2) is 0 Å². The van der Waals surface area contributed by atoms with E-state index in [2.05, 4.69) is 36.4 Å². The van der Waals surface area contributed by atoms with Gasteiger partial charge in [0, 0.05) is 57.2 Å². The Hall–Kier alpha value is 0.220. The number of fused-ring (bicyclic) bond motifs is 1. The molecule has 0 unspecified atom stereocenters. The first-order valence-corrected chi connectivity index (χ1v) is 17.5. The predicted octanol–water partition coefficient (Wildman–Crippen LogP) is 8.89. The maximum Gasteiger partial charge on any atom is 0.0717 e. The Morgan fingerprint density at radius 2 is 1.16 bits per heavy atom. The zero-order valence-corrected chi connectivity index (χ0v) is 23.7. The minimum Gasteiger partial charge on any atom is -0.198 e. The molecule has 0 aromatic heterocycles. The average molecular weight is 569 g/mol. The van der Waals surface area contributed by atoms with E-state index in [-0.39, 0.29) is 0 Å². The molecular weight excluding hydrogens is 549 g/mol. The van der Waals surface area contributed by atoms with Gasteiger partial charge in [0.15, 0.2) is 0 Å². The molecule has 0 amide bonds. The van der Waals surface area contributed by atoms with E-state index in [9.17, 15) is 0 Å². The van der Waals surface area contributed by atoms with Crippen molar-refractivity contribution in [3.63, 3.8) is 0 Å². The van der Waals surface area contributed by atoms with Gasteiger partial charge in [-0.15, -0.1) is 23.5 Å². The van der Waals surface area contributed by atoms with Crippen LogP contribution in [0.4, 0.5) is 0 Å². The Bertz CT molecular complexity index is 954. The molecule has 0 saturated carbocycles. The number of nitrogens with zero attached hydrogens (tertiary/aromatic N) is 2. The zero-order valence-electron chi connectivity index (χ0n) is 17.1. The van der Waals surface area contributed by atoms with Gasteiger partial charge < -0.3 is 0 Å². The first-order chi connectivity index (χ1) is 15.8. The SMILES string of the molecule is N#CCCSC1=C(SCCC#N)SC(=C2SC3=C(CSCc4ccccc4CSC3)S2)S1. The fourth-order valence-electron chi connectivity index (χ4n) is 2.92. The van der Waals surface area contributed by atoms with Gasteiger partial charge in [0.25, 0.3) is 0 Å². The van der Waals surface area contributed by atoms with Gasteiger partial charge in [0.05, 0.1) is 29.1 Å². The van der Waals surface area contributed by atoms with Crippen molar-refractivity contribution in [1.29, 1.82) is 10.5 Å². The average Bonchev–Trinajstić information content (AvgIpc) is 3.40. The maximum absolute atomic E-state index is 8.91. The van der Waals surface area contributed by atoms with Crippen molar-refractivity contribution in [3.8, 4) is 12.1 Å². The van der Waals surface area contributed by atoms with Crippen LogP contribution in [0.5, 0.6) is 0 Å². The smallest absolute Gasteiger partial charge is 0.0717 e. The monoisotopic (exact) mass is 568 g/mol. The van der Waals surface area contributed by atoms with Gasteiger partial charge in [0.1, 0.15) is 0 Å². The van der Waals surface area contributed by atoms with Crippen LogP contribution in [0.25, 0.3) is 0 Å². The third-order valence-electron chi connectivity index (χ3n) is 4.44. The molecule has 0 fully saturated rings. The molecule has 1 aromatic carbocycles. The number of benzene rings is 1. The summed E-state index contributed by atoms with van der Waals surface area (Å²) >= 11 is 15.3. The third-order valence-corrected chi connectivity index (χ3v) is 15.6. The molecule has 32 heavy (non-hydrogen) atoms. The fraction of sp³-hybridized carbons (Fsp3) is 0.364. The Labute approximate surface area is 224 Å². The van der Waals surface area contributed by atoms with Crippen LogP contribution in [-0.4, -0.2) is 23.0 Å². The fourth-order valence-corrected chi connectivity index (χ4v) is 14.3. The topological polar surface area (TPSA) is 47.6 Å². The van der Waals surface area contributed by atoms with Crippen molar-refractivity contribution in [2.75, 3.05) is 23.0 Å². The number of nitriles is 2. The lowest BCUT2D eigenvalue weighted by atomic mass is 10.1. The molecule has 2 nitrogen and oxygen atoms in total. The summed E-state index contributed by atoms with van der Waals surface area (Å²) < 4.78 is 5.41. The van der Waals surface area contributed by atoms with E-state index in [1.54, 1.807) is 23.5 Å². The minimum atomic E-state index is 0.567. The van der Waals surface area contributed by atoms with Crippen molar-refractivity contribution in [2.45, 2.75) is 24.3 Å². The molecule has 0 N–H and O–H groups in total. The summed E-state index contributed by atoms with van der Waals surface area (Å²) in [7, 11) is 0. The summed E-state index contributed by atoms with van der Waals surface area (Å²) in [6.07, 6.45) is 1.13. The second kappa shape index (κ2) is 13.3. The summed E-state index contributed by atoms with van der Waals surface area (Å²) in [4.78, 5) is 3.06. The molecule has 0 bridgehead atoms. The zero-order chi connectivity index (χ0) is 22.2. The van der Waals surface area contributed by atoms with Crippen LogP contribution in [0, 0.1) is 22.7 Å². The van der Waals surface area contributed by atoms with E-state index in [1.165, 1.54) is 37.9 Å². The summed E-state index contributed by atoms with van der Waals surface area (Å²) in [5, 5.41) is 17.8. The summed E-state index contributed by atoms with van der Waals surface area (Å²) in [6, 6.07) is 13.4. The molecular formula is C22H20N2S8. The van der Waals surface area contributed by atoms with Gasteiger partial charge >= 0.3 is 0 Å². The normalized spacial score (nSPS) is 18.9. The molecule has 166 valence electrons. The second-order valence-electron chi connectivity index (χ2n) is 6.67. The van der Waals surface area contributed by atoms with Gasteiger partial charge in [-0.3, -0.25) is 0 Å². The maximum atomic E-state index is 8.91. The van der Waals surface area contributed by atoms with E-state index >= 15 is 0 Å². The molecule has 4 rings (SSSR count). The van der Waals surface area contributed by atoms with Gasteiger partial charge in [0.2, 0.25) is 0 Å². The van der Waals surface area contributed by atoms with E-state index in [0.717, 1.165) is 34.5 Å². The molecule has 10 heteroatoms. The Kier molecular flexibility index (Phi) is 10.6. The highest BCUT2D eigenvalue weighted by Gasteiger charge is 2.30. The largest absolute Gasteiger partial charge is 0.198 e. The van der Waals surface area contributed by atoms with E-state index in [0.29, 0.717) is 12.8 Å². The Morgan fingerprint density at radius 1 is 0.688 bits per heavy atom. The van der Waals surface area contributed by atoms with Crippen molar-refractivity contribution in [2.24, 2.45) is 0 Å². The lowest BCUT2D eigenvalue weighted by Gasteiger charge is -2.12. The second-order valence-corrected chi connectivity index (χ2v) is 16.1. The molecule has 0 spiro atoms. The molecule has 0 radical (unpaired) electrons. The highest BCUT2D eigenvalue weighted by molar-refractivity contribution is 8.42. The van der Waals surface area contributed by atoms with E-state index in [4.69, 9.17) is 10.5 Å². The molecule has 0 aliphatic carbocycles. The van der Waals surface area contributed by atoms with Gasteiger partial charge in [-0.2, -0.15) is 34.0 Å². The minimum absolute atomic E-state index is 0.567. The number of hydrogen-bond acceptors (Lipinski definition) is 10. The molecule has 3 aliphatic heterocycles. The first kappa shape index (κ1) is 25.3. The molecule has 3 aliphatic rings. The van der Waals surface area contributed by atoms with Crippen LogP contribution in [0.3, 0.4) is 0 Å².